The van der Waals surface area contributed by atoms with Crippen molar-refractivity contribution in [1.82, 2.24) is 24.9 Å². The lowest BCUT2D eigenvalue weighted by atomic mass is 10.00. The average Bonchev–Trinajstić information content (AvgIpc) is 3.44. The van der Waals surface area contributed by atoms with Crippen molar-refractivity contribution in [2.24, 2.45) is 0 Å². The van der Waals surface area contributed by atoms with Crippen LogP contribution in [0, 0.1) is 0 Å². The fourth-order valence-electron chi connectivity index (χ4n) is 3.72. The van der Waals surface area contributed by atoms with Crippen LogP contribution in [-0.4, -0.2) is 48.9 Å². The van der Waals surface area contributed by atoms with Crippen molar-refractivity contribution in [3.8, 4) is 22.9 Å². The molecule has 1 unspecified atom stereocenters. The standard InChI is InChI=1S/C25H27N5O5S/c1-4-34-22-16-24(23(35-5-2)15-21(22)30-17-26-28-29-30)36(31,32)27-25(18-9-7-6-8-10-18)19-11-13-20(33-3)14-12-19/h6-17,25,27H,4-5H2,1-3H3. The van der Waals surface area contributed by atoms with Gasteiger partial charge in [-0.1, -0.05) is 42.5 Å². The molecule has 3 aromatic carbocycles. The van der Waals surface area contributed by atoms with Gasteiger partial charge in [0.1, 0.15) is 34.2 Å². The summed E-state index contributed by atoms with van der Waals surface area (Å²) in [5, 5.41) is 11.2. The highest BCUT2D eigenvalue weighted by Gasteiger charge is 2.28. The fourth-order valence-corrected chi connectivity index (χ4v) is 5.07. The number of aromatic nitrogens is 4. The number of hydrogen-bond donors (Lipinski definition) is 1. The Kier molecular flexibility index (Phi) is 7.81. The number of rotatable bonds is 11. The molecule has 1 N–H and O–H groups in total. The first kappa shape index (κ1) is 25.1. The minimum atomic E-state index is -4.10. The van der Waals surface area contributed by atoms with E-state index in [1.54, 1.807) is 39.2 Å². The summed E-state index contributed by atoms with van der Waals surface area (Å²) < 4.78 is 48.7. The lowest BCUT2D eigenvalue weighted by molar-refractivity contribution is 0.321. The van der Waals surface area contributed by atoms with Crippen molar-refractivity contribution in [2.45, 2.75) is 24.8 Å². The molecule has 0 spiro atoms. The van der Waals surface area contributed by atoms with Gasteiger partial charge >= 0.3 is 0 Å². The van der Waals surface area contributed by atoms with E-state index in [0.29, 0.717) is 23.8 Å². The zero-order valence-corrected chi connectivity index (χ0v) is 21.0. The van der Waals surface area contributed by atoms with Gasteiger partial charge in [-0.3, -0.25) is 0 Å². The largest absolute Gasteiger partial charge is 0.497 e. The van der Waals surface area contributed by atoms with Crippen LogP contribution in [0.4, 0.5) is 0 Å². The van der Waals surface area contributed by atoms with E-state index in [1.807, 2.05) is 42.5 Å². The third-order valence-electron chi connectivity index (χ3n) is 5.37. The van der Waals surface area contributed by atoms with Crippen molar-refractivity contribution in [2.75, 3.05) is 20.3 Å². The summed E-state index contributed by atoms with van der Waals surface area (Å²) in [6.07, 6.45) is 1.40. The Bertz CT molecular complexity index is 1380. The van der Waals surface area contributed by atoms with Crippen LogP contribution < -0.4 is 18.9 Å². The highest BCUT2D eigenvalue weighted by Crippen LogP contribution is 2.36. The van der Waals surface area contributed by atoms with E-state index in [2.05, 4.69) is 20.2 Å². The Morgan fingerprint density at radius 3 is 2.19 bits per heavy atom. The Morgan fingerprint density at radius 2 is 1.58 bits per heavy atom. The predicted molar refractivity (Wildman–Crippen MR) is 133 cm³/mol. The first-order valence-corrected chi connectivity index (χ1v) is 12.8. The van der Waals surface area contributed by atoms with Crippen LogP contribution >= 0.6 is 0 Å². The first-order valence-electron chi connectivity index (χ1n) is 11.3. The molecule has 0 radical (unpaired) electrons. The smallest absolute Gasteiger partial charge is 0.245 e. The summed E-state index contributed by atoms with van der Waals surface area (Å²) in [6.45, 7) is 4.16. The van der Waals surface area contributed by atoms with Gasteiger partial charge in [0, 0.05) is 12.1 Å². The molecule has 0 fully saturated rings. The minimum Gasteiger partial charge on any atom is -0.497 e. The Hall–Kier alpha value is -3.96. The van der Waals surface area contributed by atoms with Crippen LogP contribution in [-0.2, 0) is 10.0 Å². The highest BCUT2D eigenvalue weighted by molar-refractivity contribution is 7.89. The molecule has 36 heavy (non-hydrogen) atoms. The van der Waals surface area contributed by atoms with E-state index in [1.165, 1.54) is 17.1 Å². The van der Waals surface area contributed by atoms with E-state index < -0.39 is 16.1 Å². The molecular formula is C25H27N5O5S. The molecule has 11 heteroatoms. The van der Waals surface area contributed by atoms with Crippen molar-refractivity contribution < 1.29 is 22.6 Å². The van der Waals surface area contributed by atoms with Crippen LogP contribution in [0.25, 0.3) is 5.69 Å². The molecule has 0 saturated heterocycles. The molecule has 0 aliphatic rings. The van der Waals surface area contributed by atoms with Crippen molar-refractivity contribution in [3.05, 3.63) is 84.2 Å². The van der Waals surface area contributed by atoms with Crippen LogP contribution in [0.5, 0.6) is 17.2 Å². The molecule has 0 aliphatic carbocycles. The zero-order valence-electron chi connectivity index (χ0n) is 20.2. The monoisotopic (exact) mass is 509 g/mol. The average molecular weight is 510 g/mol. The third kappa shape index (κ3) is 5.47. The van der Waals surface area contributed by atoms with Crippen molar-refractivity contribution in [1.29, 1.82) is 0 Å². The van der Waals surface area contributed by atoms with Gasteiger partial charge in [-0.15, -0.1) is 5.10 Å². The summed E-state index contributed by atoms with van der Waals surface area (Å²) in [7, 11) is -2.52. The number of ether oxygens (including phenoxy) is 3. The van der Waals surface area contributed by atoms with E-state index in [0.717, 1.165) is 11.1 Å². The number of tetrazole rings is 1. The van der Waals surface area contributed by atoms with E-state index in [9.17, 15) is 8.42 Å². The van der Waals surface area contributed by atoms with Gasteiger partial charge in [0.15, 0.2) is 0 Å². The number of hydrogen-bond acceptors (Lipinski definition) is 8. The van der Waals surface area contributed by atoms with Crippen LogP contribution in [0.3, 0.4) is 0 Å². The van der Waals surface area contributed by atoms with Gasteiger partial charge in [-0.2, -0.15) is 9.40 Å². The lowest BCUT2D eigenvalue weighted by Crippen LogP contribution is -2.30. The second-order valence-corrected chi connectivity index (χ2v) is 9.31. The number of nitrogens with one attached hydrogen (secondary N) is 1. The molecule has 0 amide bonds. The third-order valence-corrected chi connectivity index (χ3v) is 6.81. The molecule has 10 nitrogen and oxygen atoms in total. The molecule has 0 bridgehead atoms. The van der Waals surface area contributed by atoms with Gasteiger partial charge in [0.05, 0.1) is 26.4 Å². The molecule has 0 aliphatic heterocycles. The lowest BCUT2D eigenvalue weighted by Gasteiger charge is -2.22. The second-order valence-electron chi connectivity index (χ2n) is 7.63. The van der Waals surface area contributed by atoms with Gasteiger partial charge in [0.2, 0.25) is 10.0 Å². The van der Waals surface area contributed by atoms with Gasteiger partial charge in [-0.25, -0.2) is 8.42 Å². The summed E-state index contributed by atoms with van der Waals surface area (Å²) in [5.74, 6) is 1.13. The Morgan fingerprint density at radius 1 is 0.917 bits per heavy atom. The van der Waals surface area contributed by atoms with E-state index >= 15 is 0 Å². The first-order chi connectivity index (χ1) is 17.5. The zero-order chi connectivity index (χ0) is 25.5. The summed E-state index contributed by atoms with van der Waals surface area (Å²) >= 11 is 0. The summed E-state index contributed by atoms with van der Waals surface area (Å²) in [6, 6.07) is 18.9. The quantitative estimate of drug-likeness (QED) is 0.326. The van der Waals surface area contributed by atoms with Gasteiger partial charge < -0.3 is 14.2 Å². The second kappa shape index (κ2) is 11.2. The molecule has 4 rings (SSSR count). The van der Waals surface area contributed by atoms with Crippen LogP contribution in [0.1, 0.15) is 31.0 Å². The van der Waals surface area contributed by atoms with Crippen LogP contribution in [0.2, 0.25) is 0 Å². The molecule has 188 valence electrons. The summed E-state index contributed by atoms with van der Waals surface area (Å²) in [5.41, 5.74) is 1.98. The maximum atomic E-state index is 13.8. The number of nitrogens with zero attached hydrogens (tertiary/aromatic N) is 4. The molecule has 1 aromatic heterocycles. The Labute approximate surface area is 209 Å². The van der Waals surface area contributed by atoms with Crippen LogP contribution in [0.15, 0.2) is 78.0 Å². The number of methoxy groups -OCH3 is 1. The highest BCUT2D eigenvalue weighted by atomic mass is 32.2. The Balaban J connectivity index is 1.81. The summed E-state index contributed by atoms with van der Waals surface area (Å²) in [4.78, 5) is -0.0564. The predicted octanol–water partition coefficient (Wildman–Crippen LogP) is 3.54. The van der Waals surface area contributed by atoms with Gasteiger partial charge in [0.25, 0.3) is 0 Å². The maximum Gasteiger partial charge on any atom is 0.245 e. The minimum absolute atomic E-state index is 0.0564. The van der Waals surface area contributed by atoms with Crippen molar-refractivity contribution >= 4 is 10.0 Å². The number of benzene rings is 3. The van der Waals surface area contributed by atoms with Gasteiger partial charge in [-0.05, 0) is 47.5 Å². The maximum absolute atomic E-state index is 13.8. The van der Waals surface area contributed by atoms with E-state index in [4.69, 9.17) is 14.2 Å². The SMILES string of the molecule is CCOc1cc(S(=O)(=O)NC(c2ccccc2)c2ccc(OC)cc2)c(OCC)cc1-n1cnnn1. The topological polar surface area (TPSA) is 117 Å². The molecule has 1 heterocycles. The fraction of sp³-hybridized carbons (Fsp3) is 0.240. The van der Waals surface area contributed by atoms with E-state index in [-0.39, 0.29) is 17.3 Å². The molecule has 0 saturated carbocycles. The number of sulfonamides is 1. The molecule has 1 atom stereocenters. The molecular weight excluding hydrogens is 482 g/mol. The molecule has 4 aromatic rings. The van der Waals surface area contributed by atoms with Crippen molar-refractivity contribution in [3.63, 3.8) is 0 Å². The normalized spacial score (nSPS) is 12.2.